The van der Waals surface area contributed by atoms with Crippen LogP contribution < -0.4 is 11.5 Å². The van der Waals surface area contributed by atoms with Crippen molar-refractivity contribution >= 4 is 23.4 Å². The van der Waals surface area contributed by atoms with E-state index in [1.165, 1.54) is 0 Å². The van der Waals surface area contributed by atoms with Crippen LogP contribution in [-0.2, 0) is 19.3 Å². The van der Waals surface area contributed by atoms with Crippen molar-refractivity contribution in [3.8, 4) is 0 Å². The second kappa shape index (κ2) is 7.10. The van der Waals surface area contributed by atoms with Gasteiger partial charge in [-0.05, 0) is 32.5 Å². The van der Waals surface area contributed by atoms with Gasteiger partial charge in [-0.3, -0.25) is 8.98 Å². The zero-order valence-corrected chi connectivity index (χ0v) is 15.0. The highest BCUT2D eigenvalue weighted by Crippen LogP contribution is 2.39. The van der Waals surface area contributed by atoms with Crippen molar-refractivity contribution < 1.29 is 32.5 Å². The summed E-state index contributed by atoms with van der Waals surface area (Å²) in [6.45, 7) is 1.08. The highest BCUT2D eigenvalue weighted by Gasteiger charge is 2.54. The van der Waals surface area contributed by atoms with Gasteiger partial charge in [-0.25, -0.2) is 0 Å². The molecule has 2 fully saturated rings. The smallest absolute Gasteiger partial charge is 0.451 e. The van der Waals surface area contributed by atoms with Gasteiger partial charge in [-0.15, -0.1) is 0 Å². The molecule has 1 saturated heterocycles. The maximum Gasteiger partial charge on any atom is 0.451 e. The van der Waals surface area contributed by atoms with Crippen molar-refractivity contribution in [3.63, 3.8) is 0 Å². The van der Waals surface area contributed by atoms with Crippen molar-refractivity contribution in [3.05, 3.63) is 0 Å². The van der Waals surface area contributed by atoms with Crippen molar-refractivity contribution in [2.24, 2.45) is 17.4 Å². The second-order valence-corrected chi connectivity index (χ2v) is 8.74. The highest BCUT2D eigenvalue weighted by molar-refractivity contribution is 7.84. The largest absolute Gasteiger partial charge is 0.480 e. The first-order valence-electron chi connectivity index (χ1n) is 8.26. The van der Waals surface area contributed by atoms with Gasteiger partial charge in [0.15, 0.2) is 0 Å². The lowest BCUT2D eigenvalue weighted by Gasteiger charge is -2.25. The molecule has 144 valence electrons. The summed E-state index contributed by atoms with van der Waals surface area (Å²) >= 11 is 0. The molecule has 0 aromatic carbocycles. The molecular formula is C13H26BN3O7S. The molecule has 1 aliphatic carbocycles. The third kappa shape index (κ3) is 4.51. The third-order valence-electron chi connectivity index (χ3n) is 5.22. The number of hydrogen-bond donors (Lipinski definition) is 5. The number of nitrogens with two attached hydrogens (primary N) is 2. The predicted octanol–water partition coefficient (Wildman–Crippen LogP) is -1.91. The topological polar surface area (TPSA) is 176 Å². The molecular weight excluding hydrogens is 353 g/mol. The van der Waals surface area contributed by atoms with Crippen LogP contribution in [0.5, 0.6) is 0 Å². The van der Waals surface area contributed by atoms with E-state index in [1.54, 1.807) is 6.92 Å². The maximum absolute atomic E-state index is 12.5. The van der Waals surface area contributed by atoms with Crippen LogP contribution in [0.2, 0.25) is 6.32 Å². The molecule has 0 aromatic rings. The predicted molar refractivity (Wildman–Crippen MR) is 89.5 cm³/mol. The molecule has 1 heterocycles. The minimum absolute atomic E-state index is 0.0577. The van der Waals surface area contributed by atoms with E-state index in [-0.39, 0.29) is 19.3 Å². The Bertz CT molecular complexity index is 613. The van der Waals surface area contributed by atoms with Crippen LogP contribution in [0.15, 0.2) is 0 Å². The van der Waals surface area contributed by atoms with E-state index >= 15 is 0 Å². The summed E-state index contributed by atoms with van der Waals surface area (Å²) < 4.78 is 31.0. The lowest BCUT2D eigenvalue weighted by molar-refractivity contribution is -0.144. The van der Waals surface area contributed by atoms with Gasteiger partial charge in [0.1, 0.15) is 5.54 Å². The van der Waals surface area contributed by atoms with Crippen LogP contribution in [0.25, 0.3) is 0 Å². The minimum atomic E-state index is -4.17. The van der Waals surface area contributed by atoms with Gasteiger partial charge in [0, 0.05) is 24.5 Å². The molecule has 12 heteroatoms. The van der Waals surface area contributed by atoms with Gasteiger partial charge in [-0.2, -0.15) is 12.7 Å². The summed E-state index contributed by atoms with van der Waals surface area (Å²) in [6.07, 6.45) is 1.26. The Kier molecular flexibility index (Phi) is 5.84. The Morgan fingerprint density at radius 3 is 2.48 bits per heavy atom. The number of hydrogen-bond acceptors (Lipinski definition) is 8. The standard InChI is InChI=1S/C13H26BN3O7S/c1-9(12(15)4-5-12)24-25(22,23)17-7-10(3-2-6-14(20)21)13(16,8-17)11(18)19/h9-10,20-21H,2-8,15-16H2,1H3,(H,18,19)/t9-,10-,13-/m0/s1. The number of rotatable bonds is 9. The van der Waals surface area contributed by atoms with E-state index in [0.717, 1.165) is 4.31 Å². The van der Waals surface area contributed by atoms with Crippen LogP contribution in [0.3, 0.4) is 0 Å². The number of carboxylic acid groups (broad SMARTS) is 1. The Balaban J connectivity index is 2.07. The van der Waals surface area contributed by atoms with Gasteiger partial charge >= 0.3 is 23.4 Å². The molecule has 10 nitrogen and oxygen atoms in total. The summed E-state index contributed by atoms with van der Waals surface area (Å²) in [5.74, 6) is -1.96. The van der Waals surface area contributed by atoms with E-state index in [4.69, 9.17) is 25.7 Å². The Hall–Kier alpha value is -0.755. The number of nitrogens with zero attached hydrogens (tertiary/aromatic N) is 1. The van der Waals surface area contributed by atoms with Gasteiger partial charge in [0.25, 0.3) is 0 Å². The first kappa shape index (κ1) is 20.6. The van der Waals surface area contributed by atoms with Crippen LogP contribution >= 0.6 is 0 Å². The molecule has 1 aliphatic heterocycles. The van der Waals surface area contributed by atoms with E-state index in [9.17, 15) is 18.3 Å². The first-order valence-corrected chi connectivity index (χ1v) is 9.63. The van der Waals surface area contributed by atoms with Crippen molar-refractivity contribution in [2.45, 2.75) is 56.1 Å². The van der Waals surface area contributed by atoms with E-state index in [2.05, 4.69) is 0 Å². The van der Waals surface area contributed by atoms with Crippen molar-refractivity contribution in [1.29, 1.82) is 0 Å². The van der Waals surface area contributed by atoms with E-state index < -0.39 is 53.0 Å². The van der Waals surface area contributed by atoms with E-state index in [0.29, 0.717) is 19.3 Å². The van der Waals surface area contributed by atoms with Crippen LogP contribution in [0.1, 0.15) is 32.6 Å². The summed E-state index contributed by atoms with van der Waals surface area (Å²) in [7, 11) is -5.67. The van der Waals surface area contributed by atoms with Crippen molar-refractivity contribution in [2.75, 3.05) is 13.1 Å². The van der Waals surface area contributed by atoms with Gasteiger partial charge in [0.2, 0.25) is 0 Å². The zero-order chi connectivity index (χ0) is 19.0. The fourth-order valence-corrected chi connectivity index (χ4v) is 4.50. The number of aliphatic carboxylic acids is 1. The molecule has 25 heavy (non-hydrogen) atoms. The fraction of sp³-hybridized carbons (Fsp3) is 0.923. The molecule has 3 atom stereocenters. The second-order valence-electron chi connectivity index (χ2n) is 7.18. The Morgan fingerprint density at radius 1 is 1.40 bits per heavy atom. The maximum atomic E-state index is 12.5. The van der Waals surface area contributed by atoms with Gasteiger partial charge in [0.05, 0.1) is 6.10 Å². The van der Waals surface area contributed by atoms with Gasteiger partial charge < -0.3 is 26.6 Å². The average molecular weight is 379 g/mol. The quantitative estimate of drug-likeness (QED) is 0.286. The molecule has 0 radical (unpaired) electrons. The third-order valence-corrected chi connectivity index (χ3v) is 6.67. The Morgan fingerprint density at radius 2 is 2.00 bits per heavy atom. The fourth-order valence-electron chi connectivity index (χ4n) is 3.09. The average Bonchev–Trinajstić information content (AvgIpc) is 3.13. The first-order chi connectivity index (χ1) is 11.4. The van der Waals surface area contributed by atoms with Crippen molar-refractivity contribution in [1.82, 2.24) is 4.31 Å². The summed E-state index contributed by atoms with van der Waals surface area (Å²) in [4.78, 5) is 11.6. The summed E-state index contributed by atoms with van der Waals surface area (Å²) in [5.41, 5.74) is 9.51. The highest BCUT2D eigenvalue weighted by atomic mass is 32.2. The summed E-state index contributed by atoms with van der Waals surface area (Å²) in [5, 5.41) is 27.2. The van der Waals surface area contributed by atoms with E-state index in [1.807, 2.05) is 0 Å². The molecule has 7 N–H and O–H groups in total. The molecule has 0 unspecified atom stereocenters. The SMILES string of the molecule is C[C@H](OS(=O)(=O)N1C[C@H](CCCB(O)O)[C@](N)(C(=O)O)C1)C1(N)CC1. The number of carboxylic acids is 1. The normalized spacial score (nSPS) is 30.2. The number of carbonyl (C=O) groups is 1. The Labute approximate surface area is 147 Å². The molecule has 0 aromatic heterocycles. The molecule has 2 aliphatic rings. The monoisotopic (exact) mass is 379 g/mol. The lowest BCUT2D eigenvalue weighted by atomic mass is 9.78. The molecule has 0 spiro atoms. The molecule has 0 bridgehead atoms. The summed E-state index contributed by atoms with van der Waals surface area (Å²) in [6, 6.07) is 0. The lowest BCUT2D eigenvalue weighted by Crippen LogP contribution is -2.55. The van der Waals surface area contributed by atoms with Crippen LogP contribution in [0.4, 0.5) is 0 Å². The van der Waals surface area contributed by atoms with Crippen LogP contribution in [0, 0.1) is 5.92 Å². The zero-order valence-electron chi connectivity index (χ0n) is 14.2. The molecule has 0 amide bonds. The van der Waals surface area contributed by atoms with Gasteiger partial charge in [-0.1, -0.05) is 6.42 Å². The molecule has 1 saturated carbocycles. The minimum Gasteiger partial charge on any atom is -0.480 e. The van der Waals surface area contributed by atoms with Crippen LogP contribution in [-0.4, -0.2) is 71.2 Å². The molecule has 2 rings (SSSR count).